The van der Waals surface area contributed by atoms with Crippen molar-refractivity contribution >= 4 is 61.2 Å². The molecule has 4 aromatic carbocycles. The summed E-state index contributed by atoms with van der Waals surface area (Å²) in [6, 6.07) is 26.7. The minimum Gasteiger partial charge on any atom is -0.497 e. The SMILES string of the molecule is COc1ccc(N(C(=O)c2c3ccccc3nc3ccccc23)S(=O)(=O)c2ccc(CCCCC(=O)ON3C(=O)CCC3=O)cc2)cc1. The maximum atomic E-state index is 14.6. The highest BCUT2D eigenvalue weighted by Gasteiger charge is 2.34. The number of nitrogens with zero attached hydrogens (tertiary/aromatic N) is 3. The molecule has 1 saturated heterocycles. The fourth-order valence-corrected chi connectivity index (χ4v) is 6.99. The molecule has 11 nitrogen and oxygen atoms in total. The highest BCUT2D eigenvalue weighted by Crippen LogP contribution is 2.33. The molecule has 3 amide bonds. The zero-order valence-electron chi connectivity index (χ0n) is 26.0. The van der Waals surface area contributed by atoms with Crippen molar-refractivity contribution in [3.05, 3.63) is 108 Å². The largest absolute Gasteiger partial charge is 0.497 e. The maximum absolute atomic E-state index is 14.6. The van der Waals surface area contributed by atoms with E-state index in [1.807, 2.05) is 12.1 Å². The molecule has 6 rings (SSSR count). The van der Waals surface area contributed by atoms with Gasteiger partial charge in [-0.15, -0.1) is 5.06 Å². The van der Waals surface area contributed by atoms with Crippen molar-refractivity contribution in [2.45, 2.75) is 43.4 Å². The number of hydrogen-bond donors (Lipinski definition) is 0. The molecule has 0 bridgehead atoms. The predicted molar refractivity (Wildman–Crippen MR) is 177 cm³/mol. The monoisotopic (exact) mass is 665 g/mol. The molecule has 1 aliphatic heterocycles. The molecule has 5 aromatic rings. The summed E-state index contributed by atoms with van der Waals surface area (Å²) < 4.78 is 34.8. The van der Waals surface area contributed by atoms with Crippen LogP contribution in [0.25, 0.3) is 21.8 Å². The van der Waals surface area contributed by atoms with Crippen molar-refractivity contribution in [3.8, 4) is 5.75 Å². The molecule has 1 aromatic heterocycles. The number of rotatable bonds is 11. The Morgan fingerprint density at radius 2 is 1.38 bits per heavy atom. The molecule has 1 aliphatic rings. The first kappa shape index (κ1) is 32.3. The minimum atomic E-state index is -4.43. The van der Waals surface area contributed by atoms with Gasteiger partial charge in [0, 0.05) is 30.0 Å². The quantitative estimate of drug-likeness (QED) is 0.0980. The third-order valence-corrected chi connectivity index (χ3v) is 9.77. The number of carbonyl (C=O) groups excluding carboxylic acids is 4. The van der Waals surface area contributed by atoms with Gasteiger partial charge in [-0.25, -0.2) is 18.2 Å². The topological polar surface area (TPSA) is 140 Å². The van der Waals surface area contributed by atoms with E-state index in [4.69, 9.17) is 9.57 Å². The van der Waals surface area contributed by atoms with Crippen LogP contribution in [0.1, 0.15) is 48.0 Å². The third-order valence-electron chi connectivity index (χ3n) is 8.05. The fourth-order valence-electron chi connectivity index (χ4n) is 5.59. The van der Waals surface area contributed by atoms with Crippen molar-refractivity contribution in [2.75, 3.05) is 11.4 Å². The van der Waals surface area contributed by atoms with E-state index in [1.165, 1.54) is 31.4 Å². The molecule has 0 unspecified atom stereocenters. The summed E-state index contributed by atoms with van der Waals surface area (Å²) in [6.07, 6.45) is 1.61. The van der Waals surface area contributed by atoms with Gasteiger partial charge in [-0.2, -0.15) is 4.31 Å². The standard InChI is InChI=1S/C36H31N3O8S/c1-46-26-18-16-25(17-19-26)39(36(43)35-28-9-3-5-11-30(28)37-31-12-6-4-10-29(31)35)48(44,45)27-20-14-24(15-21-27)8-2-7-13-34(42)47-38-32(40)22-23-33(38)41/h3-6,9-12,14-21H,2,7-8,13,22-23H2,1H3. The Morgan fingerprint density at radius 3 is 1.96 bits per heavy atom. The van der Waals surface area contributed by atoms with Gasteiger partial charge in [-0.3, -0.25) is 14.4 Å². The number of unbranched alkanes of at least 4 members (excludes halogenated alkanes) is 1. The van der Waals surface area contributed by atoms with Gasteiger partial charge in [0.05, 0.1) is 34.3 Å². The first-order valence-electron chi connectivity index (χ1n) is 15.3. The van der Waals surface area contributed by atoms with Crippen LogP contribution in [0.5, 0.6) is 5.75 Å². The van der Waals surface area contributed by atoms with Gasteiger partial charge in [0.1, 0.15) is 5.75 Å². The number of benzene rings is 4. The average molecular weight is 666 g/mol. The highest BCUT2D eigenvalue weighted by molar-refractivity contribution is 7.93. The molecule has 0 saturated carbocycles. The Kier molecular flexibility index (Phi) is 9.17. The smallest absolute Gasteiger partial charge is 0.333 e. The van der Waals surface area contributed by atoms with Gasteiger partial charge in [0.2, 0.25) is 0 Å². The van der Waals surface area contributed by atoms with E-state index in [0.29, 0.717) is 51.9 Å². The number of carbonyl (C=O) groups is 4. The molecule has 0 aliphatic carbocycles. The number of anilines is 1. The van der Waals surface area contributed by atoms with Crippen LogP contribution >= 0.6 is 0 Å². The molecule has 1 fully saturated rings. The van der Waals surface area contributed by atoms with Gasteiger partial charge in [0.15, 0.2) is 0 Å². The van der Waals surface area contributed by atoms with Gasteiger partial charge in [-0.1, -0.05) is 48.5 Å². The number of sulfonamides is 1. The number of pyridine rings is 1. The van der Waals surface area contributed by atoms with E-state index in [1.54, 1.807) is 60.7 Å². The number of aryl methyl sites for hydroxylation is 1. The van der Waals surface area contributed by atoms with Crippen molar-refractivity contribution in [1.82, 2.24) is 10.0 Å². The van der Waals surface area contributed by atoms with Crippen molar-refractivity contribution < 1.29 is 37.2 Å². The Balaban J connectivity index is 1.25. The van der Waals surface area contributed by atoms with Crippen molar-refractivity contribution in [1.29, 1.82) is 0 Å². The van der Waals surface area contributed by atoms with Gasteiger partial charge in [-0.05, 0) is 73.4 Å². The van der Waals surface area contributed by atoms with Crippen LogP contribution in [0.4, 0.5) is 5.69 Å². The van der Waals surface area contributed by atoms with Crippen LogP contribution in [0.3, 0.4) is 0 Å². The highest BCUT2D eigenvalue weighted by atomic mass is 32.2. The normalized spacial score (nSPS) is 13.2. The molecule has 244 valence electrons. The van der Waals surface area contributed by atoms with E-state index >= 15 is 0 Å². The molecule has 0 spiro atoms. The number of hydroxylamine groups is 2. The molecular weight excluding hydrogens is 634 g/mol. The first-order valence-corrected chi connectivity index (χ1v) is 16.8. The molecular formula is C36H31N3O8S. The number of aromatic nitrogens is 1. The summed E-state index contributed by atoms with van der Waals surface area (Å²) in [5.74, 6) is -1.96. The zero-order chi connectivity index (χ0) is 33.8. The second-order valence-corrected chi connectivity index (χ2v) is 13.0. The second-order valence-electron chi connectivity index (χ2n) is 11.2. The molecule has 0 radical (unpaired) electrons. The lowest BCUT2D eigenvalue weighted by Gasteiger charge is -2.24. The lowest BCUT2D eigenvalue weighted by Crippen LogP contribution is -2.37. The number of para-hydroxylation sites is 2. The average Bonchev–Trinajstić information content (AvgIpc) is 3.41. The Labute approximate surface area is 276 Å². The van der Waals surface area contributed by atoms with Crippen LogP contribution in [0, 0.1) is 0 Å². The third kappa shape index (κ3) is 6.47. The molecule has 12 heteroatoms. The van der Waals surface area contributed by atoms with Crippen LogP contribution in [0.15, 0.2) is 102 Å². The van der Waals surface area contributed by atoms with E-state index < -0.39 is 33.7 Å². The fraction of sp³-hybridized carbons (Fsp3) is 0.194. The summed E-state index contributed by atoms with van der Waals surface area (Å²) >= 11 is 0. The van der Waals surface area contributed by atoms with Gasteiger partial charge >= 0.3 is 5.97 Å². The van der Waals surface area contributed by atoms with E-state index in [0.717, 1.165) is 9.87 Å². The number of hydrogen-bond acceptors (Lipinski definition) is 9. The molecule has 48 heavy (non-hydrogen) atoms. The summed E-state index contributed by atoms with van der Waals surface area (Å²) in [7, 11) is -2.93. The molecule has 2 heterocycles. The Hall–Kier alpha value is -5.62. The van der Waals surface area contributed by atoms with E-state index in [2.05, 4.69) is 4.98 Å². The number of fused-ring (bicyclic) bond motifs is 2. The molecule has 0 N–H and O–H groups in total. The lowest BCUT2D eigenvalue weighted by atomic mass is 10.0. The number of ether oxygens (including phenoxy) is 1. The second kappa shape index (κ2) is 13.6. The van der Waals surface area contributed by atoms with Crippen LogP contribution in [-0.4, -0.2) is 49.3 Å². The minimum absolute atomic E-state index is 0.0147. The van der Waals surface area contributed by atoms with Gasteiger partial charge < -0.3 is 9.57 Å². The van der Waals surface area contributed by atoms with Gasteiger partial charge in [0.25, 0.3) is 27.7 Å². The Bertz CT molecular complexity index is 2080. The summed E-state index contributed by atoms with van der Waals surface area (Å²) in [5, 5.41) is 1.57. The summed E-state index contributed by atoms with van der Waals surface area (Å²) in [4.78, 5) is 59.5. The summed E-state index contributed by atoms with van der Waals surface area (Å²) in [6.45, 7) is 0. The molecule has 0 atom stereocenters. The van der Waals surface area contributed by atoms with E-state index in [9.17, 15) is 27.6 Å². The number of amides is 3. The summed E-state index contributed by atoms with van der Waals surface area (Å²) in [5.41, 5.74) is 2.29. The van der Waals surface area contributed by atoms with Crippen LogP contribution in [-0.2, 0) is 35.7 Å². The predicted octanol–water partition coefficient (Wildman–Crippen LogP) is 5.75. The Morgan fingerprint density at radius 1 is 0.792 bits per heavy atom. The number of imide groups is 1. The number of methoxy groups -OCH3 is 1. The van der Waals surface area contributed by atoms with E-state index in [-0.39, 0.29) is 35.4 Å². The first-order chi connectivity index (χ1) is 23.2. The lowest BCUT2D eigenvalue weighted by molar-refractivity contribution is -0.197. The van der Waals surface area contributed by atoms with Crippen LogP contribution < -0.4 is 9.04 Å². The zero-order valence-corrected chi connectivity index (χ0v) is 26.8. The maximum Gasteiger partial charge on any atom is 0.333 e. The van der Waals surface area contributed by atoms with Crippen molar-refractivity contribution in [3.63, 3.8) is 0 Å². The van der Waals surface area contributed by atoms with Crippen molar-refractivity contribution in [2.24, 2.45) is 0 Å². The van der Waals surface area contributed by atoms with Crippen LogP contribution in [0.2, 0.25) is 0 Å².